The van der Waals surface area contributed by atoms with Gasteiger partial charge in [0.05, 0.1) is 5.60 Å². The second kappa shape index (κ2) is 4.74. The first-order chi connectivity index (χ1) is 8.99. The Hall–Kier alpha value is -0.603. The van der Waals surface area contributed by atoms with E-state index in [0.717, 1.165) is 11.8 Å². The van der Waals surface area contributed by atoms with E-state index in [0.29, 0.717) is 5.60 Å². The zero-order valence-electron chi connectivity index (χ0n) is 12.5. The normalized spacial score (nSPS) is 33.8. The number of rotatable bonds is 4. The summed E-state index contributed by atoms with van der Waals surface area (Å²) in [5.74, 6) is 1.70. The summed E-state index contributed by atoms with van der Waals surface area (Å²) in [4.78, 5) is 0. The molecular formula is C17H26OSi. The van der Waals surface area contributed by atoms with E-state index in [1.54, 1.807) is 0 Å². The molecule has 1 aromatic carbocycles. The standard InChI is InChI=1S/C17H26OSi/c1-19(2,3)18-17-11-7-10-15(16(17)13-17)12-14-8-5-4-6-9-14/h4-6,8-9,15-16H,7,10-13H2,1-3H3. The Morgan fingerprint density at radius 2 is 1.95 bits per heavy atom. The van der Waals surface area contributed by atoms with Crippen molar-refractivity contribution in [1.82, 2.24) is 0 Å². The van der Waals surface area contributed by atoms with Gasteiger partial charge in [-0.05, 0) is 62.7 Å². The molecule has 2 aliphatic carbocycles. The van der Waals surface area contributed by atoms with E-state index in [9.17, 15) is 0 Å². The maximum Gasteiger partial charge on any atom is 0.184 e. The highest BCUT2D eigenvalue weighted by Gasteiger charge is 2.60. The van der Waals surface area contributed by atoms with Gasteiger partial charge in [-0.15, -0.1) is 0 Å². The van der Waals surface area contributed by atoms with Gasteiger partial charge in [-0.3, -0.25) is 0 Å². The van der Waals surface area contributed by atoms with Crippen molar-refractivity contribution in [2.24, 2.45) is 11.8 Å². The lowest BCUT2D eigenvalue weighted by atomic mass is 9.83. The van der Waals surface area contributed by atoms with E-state index in [2.05, 4.69) is 50.0 Å². The number of fused-ring (bicyclic) bond motifs is 1. The molecule has 2 fully saturated rings. The predicted octanol–water partition coefficient (Wildman–Crippen LogP) is 4.64. The average molecular weight is 274 g/mol. The summed E-state index contributed by atoms with van der Waals surface area (Å²) in [5.41, 5.74) is 1.80. The summed E-state index contributed by atoms with van der Waals surface area (Å²) in [6, 6.07) is 11.0. The summed E-state index contributed by atoms with van der Waals surface area (Å²) in [5, 5.41) is 0. The first-order valence-electron chi connectivity index (χ1n) is 7.73. The first-order valence-corrected chi connectivity index (χ1v) is 11.1. The van der Waals surface area contributed by atoms with Crippen LogP contribution >= 0.6 is 0 Å². The van der Waals surface area contributed by atoms with Gasteiger partial charge in [-0.2, -0.15) is 0 Å². The minimum Gasteiger partial charge on any atom is -0.412 e. The quantitative estimate of drug-likeness (QED) is 0.727. The fraction of sp³-hybridized carbons (Fsp3) is 0.647. The summed E-state index contributed by atoms with van der Waals surface area (Å²) in [6.45, 7) is 6.99. The molecule has 104 valence electrons. The Balaban J connectivity index is 1.66. The van der Waals surface area contributed by atoms with Gasteiger partial charge in [-0.1, -0.05) is 36.8 Å². The SMILES string of the molecule is C[Si](C)(C)OC12CCCC(Cc3ccccc3)C1C2. The molecule has 0 bridgehead atoms. The molecule has 0 aliphatic heterocycles. The van der Waals surface area contributed by atoms with Gasteiger partial charge in [-0.25, -0.2) is 0 Å². The molecule has 0 aromatic heterocycles. The van der Waals surface area contributed by atoms with Crippen molar-refractivity contribution in [2.45, 2.75) is 57.3 Å². The van der Waals surface area contributed by atoms with Crippen LogP contribution in [-0.2, 0) is 10.8 Å². The molecule has 2 heteroatoms. The van der Waals surface area contributed by atoms with Crippen molar-refractivity contribution in [3.63, 3.8) is 0 Å². The molecule has 0 spiro atoms. The van der Waals surface area contributed by atoms with Crippen LogP contribution in [0.2, 0.25) is 19.6 Å². The lowest BCUT2D eigenvalue weighted by Gasteiger charge is -2.33. The van der Waals surface area contributed by atoms with E-state index >= 15 is 0 Å². The largest absolute Gasteiger partial charge is 0.412 e. The van der Waals surface area contributed by atoms with Crippen LogP contribution in [0.15, 0.2) is 30.3 Å². The highest BCUT2D eigenvalue weighted by atomic mass is 28.4. The van der Waals surface area contributed by atoms with Crippen LogP contribution in [0.3, 0.4) is 0 Å². The van der Waals surface area contributed by atoms with Crippen LogP contribution in [0, 0.1) is 11.8 Å². The van der Waals surface area contributed by atoms with Gasteiger partial charge in [0.2, 0.25) is 0 Å². The molecule has 0 radical (unpaired) electrons. The molecule has 2 aliphatic rings. The number of hydrogen-bond donors (Lipinski definition) is 0. The second-order valence-corrected chi connectivity index (χ2v) is 11.9. The second-order valence-electron chi connectivity index (χ2n) is 7.43. The minimum absolute atomic E-state index is 0.294. The Bertz CT molecular complexity index is 436. The lowest BCUT2D eigenvalue weighted by molar-refractivity contribution is 0.0974. The lowest BCUT2D eigenvalue weighted by Crippen LogP contribution is -2.37. The summed E-state index contributed by atoms with van der Waals surface area (Å²) in [6.07, 6.45) is 6.65. The van der Waals surface area contributed by atoms with Gasteiger partial charge >= 0.3 is 0 Å². The van der Waals surface area contributed by atoms with E-state index in [-0.39, 0.29) is 0 Å². The van der Waals surface area contributed by atoms with Crippen molar-refractivity contribution in [1.29, 1.82) is 0 Å². The topological polar surface area (TPSA) is 9.23 Å². The molecule has 3 rings (SSSR count). The molecule has 1 nitrogen and oxygen atoms in total. The molecule has 0 N–H and O–H groups in total. The van der Waals surface area contributed by atoms with Crippen molar-refractivity contribution in [3.8, 4) is 0 Å². The molecule has 2 saturated carbocycles. The molecular weight excluding hydrogens is 248 g/mol. The zero-order valence-corrected chi connectivity index (χ0v) is 13.5. The third-order valence-corrected chi connectivity index (χ3v) is 5.69. The molecule has 0 saturated heterocycles. The van der Waals surface area contributed by atoms with Gasteiger partial charge in [0, 0.05) is 0 Å². The molecule has 0 amide bonds. The molecule has 0 heterocycles. The molecule has 3 atom stereocenters. The van der Waals surface area contributed by atoms with Gasteiger partial charge < -0.3 is 4.43 Å². The first kappa shape index (κ1) is 13.4. The summed E-state index contributed by atoms with van der Waals surface area (Å²) >= 11 is 0. The molecule has 19 heavy (non-hydrogen) atoms. The Morgan fingerprint density at radius 3 is 2.63 bits per heavy atom. The monoisotopic (exact) mass is 274 g/mol. The van der Waals surface area contributed by atoms with Gasteiger partial charge in [0.25, 0.3) is 0 Å². The maximum absolute atomic E-state index is 6.55. The summed E-state index contributed by atoms with van der Waals surface area (Å²) < 4.78 is 6.55. The van der Waals surface area contributed by atoms with E-state index in [1.165, 1.54) is 37.7 Å². The van der Waals surface area contributed by atoms with Crippen LogP contribution < -0.4 is 0 Å². The van der Waals surface area contributed by atoms with Crippen molar-refractivity contribution in [3.05, 3.63) is 35.9 Å². The van der Waals surface area contributed by atoms with E-state index in [4.69, 9.17) is 4.43 Å². The maximum atomic E-state index is 6.55. The highest BCUT2D eigenvalue weighted by Crippen LogP contribution is 2.60. The van der Waals surface area contributed by atoms with Crippen LogP contribution in [0.1, 0.15) is 31.2 Å². The Labute approximate surface area is 118 Å². The van der Waals surface area contributed by atoms with Crippen LogP contribution in [0.4, 0.5) is 0 Å². The highest BCUT2D eigenvalue weighted by molar-refractivity contribution is 6.69. The van der Waals surface area contributed by atoms with Crippen LogP contribution in [0.5, 0.6) is 0 Å². The zero-order chi connectivity index (χ0) is 13.5. The van der Waals surface area contributed by atoms with Crippen LogP contribution in [-0.4, -0.2) is 13.9 Å². The van der Waals surface area contributed by atoms with E-state index < -0.39 is 8.32 Å². The van der Waals surface area contributed by atoms with Crippen molar-refractivity contribution in [2.75, 3.05) is 0 Å². The average Bonchev–Trinajstić information content (AvgIpc) is 3.03. The molecule has 3 unspecified atom stereocenters. The third-order valence-electron chi connectivity index (χ3n) is 4.68. The van der Waals surface area contributed by atoms with Gasteiger partial charge in [0.1, 0.15) is 0 Å². The van der Waals surface area contributed by atoms with Gasteiger partial charge in [0.15, 0.2) is 8.32 Å². The molecule has 1 aromatic rings. The minimum atomic E-state index is -1.40. The third kappa shape index (κ3) is 2.95. The van der Waals surface area contributed by atoms with Crippen molar-refractivity contribution >= 4 is 8.32 Å². The van der Waals surface area contributed by atoms with E-state index in [1.807, 2.05) is 0 Å². The predicted molar refractivity (Wildman–Crippen MR) is 82.8 cm³/mol. The van der Waals surface area contributed by atoms with Crippen molar-refractivity contribution < 1.29 is 4.43 Å². The summed E-state index contributed by atoms with van der Waals surface area (Å²) in [7, 11) is -1.40. The number of hydrogen-bond acceptors (Lipinski definition) is 1. The number of benzene rings is 1. The fourth-order valence-corrected chi connectivity index (χ4v) is 5.56. The Kier molecular flexibility index (Phi) is 3.34. The Morgan fingerprint density at radius 1 is 1.21 bits per heavy atom. The smallest absolute Gasteiger partial charge is 0.184 e. The van der Waals surface area contributed by atoms with Crippen LogP contribution in [0.25, 0.3) is 0 Å². The fourth-order valence-electron chi connectivity index (χ4n) is 4.00.